The Kier molecular flexibility index (Phi) is 3.85. The molecule has 0 saturated carbocycles. The summed E-state index contributed by atoms with van der Waals surface area (Å²) in [4.78, 5) is 36.5. The highest BCUT2D eigenvalue weighted by molar-refractivity contribution is 6.47. The minimum absolute atomic E-state index is 0.00313. The van der Waals surface area contributed by atoms with Crippen LogP contribution in [-0.2, 0) is 19.1 Å². The van der Waals surface area contributed by atoms with Crippen LogP contribution in [0.1, 0.15) is 6.92 Å². The normalized spacial score (nSPS) is 18.8. The SMILES string of the molecule is CCOC(=O)[C@@H]1CN(c2cccc(Cl)c2)C(=O)C1=O. The molecule has 1 heterocycles. The Hall–Kier alpha value is -1.88. The summed E-state index contributed by atoms with van der Waals surface area (Å²) < 4.78 is 4.79. The molecule has 5 nitrogen and oxygen atoms in total. The molecule has 1 aliphatic rings. The number of hydrogen-bond donors (Lipinski definition) is 0. The van der Waals surface area contributed by atoms with Gasteiger partial charge >= 0.3 is 5.97 Å². The summed E-state index contributed by atoms with van der Waals surface area (Å²) in [6.07, 6.45) is 0. The monoisotopic (exact) mass is 281 g/mol. The number of nitrogens with zero attached hydrogens (tertiary/aromatic N) is 1. The van der Waals surface area contributed by atoms with Gasteiger partial charge in [-0.2, -0.15) is 0 Å². The first-order valence-electron chi connectivity index (χ1n) is 5.82. The summed E-state index contributed by atoms with van der Waals surface area (Å²) in [5, 5.41) is 0.456. The van der Waals surface area contributed by atoms with E-state index in [-0.39, 0.29) is 13.2 Å². The number of rotatable bonds is 3. The number of esters is 1. The summed E-state index contributed by atoms with van der Waals surface area (Å²) >= 11 is 5.84. The van der Waals surface area contributed by atoms with Gasteiger partial charge in [-0.3, -0.25) is 14.4 Å². The van der Waals surface area contributed by atoms with E-state index in [1.54, 1.807) is 31.2 Å². The third kappa shape index (κ3) is 2.61. The predicted molar refractivity (Wildman–Crippen MR) is 68.9 cm³/mol. The van der Waals surface area contributed by atoms with E-state index >= 15 is 0 Å². The lowest BCUT2D eigenvalue weighted by Gasteiger charge is -2.15. The molecule has 0 aliphatic carbocycles. The topological polar surface area (TPSA) is 63.7 Å². The number of amides is 1. The van der Waals surface area contributed by atoms with Gasteiger partial charge < -0.3 is 9.64 Å². The minimum atomic E-state index is -1.05. The van der Waals surface area contributed by atoms with E-state index in [0.29, 0.717) is 10.7 Å². The summed E-state index contributed by atoms with van der Waals surface area (Å²) in [7, 11) is 0. The maximum absolute atomic E-state index is 11.9. The predicted octanol–water partition coefficient (Wildman–Crippen LogP) is 1.44. The highest BCUT2D eigenvalue weighted by Gasteiger charge is 2.44. The van der Waals surface area contributed by atoms with Crippen molar-refractivity contribution in [1.29, 1.82) is 0 Å². The molecule has 6 heteroatoms. The maximum atomic E-state index is 11.9. The van der Waals surface area contributed by atoms with Gasteiger partial charge in [0, 0.05) is 17.3 Å². The highest BCUT2D eigenvalue weighted by Crippen LogP contribution is 2.25. The summed E-state index contributed by atoms with van der Waals surface area (Å²) in [6, 6.07) is 6.56. The molecule has 100 valence electrons. The molecule has 0 spiro atoms. The van der Waals surface area contributed by atoms with E-state index in [1.165, 1.54) is 4.90 Å². The van der Waals surface area contributed by atoms with Crippen LogP contribution < -0.4 is 4.90 Å². The average Bonchev–Trinajstić information content (AvgIpc) is 2.67. The standard InChI is InChI=1S/C13H12ClNO4/c1-2-19-13(18)10-7-15(12(17)11(10)16)9-5-3-4-8(14)6-9/h3-6,10H,2,7H2,1H3/t10-/m1/s1. The lowest BCUT2D eigenvalue weighted by molar-refractivity contribution is -0.151. The summed E-state index contributed by atoms with van der Waals surface area (Å²) in [5.41, 5.74) is 0.498. The number of ketones is 1. The molecular weight excluding hydrogens is 270 g/mol. The fourth-order valence-corrected chi connectivity index (χ4v) is 2.11. The largest absolute Gasteiger partial charge is 0.465 e. The molecule has 1 amide bonds. The Morgan fingerprint density at radius 2 is 2.21 bits per heavy atom. The van der Waals surface area contributed by atoms with Gasteiger partial charge in [-0.15, -0.1) is 0 Å². The summed E-state index contributed by atoms with van der Waals surface area (Å²) in [6.45, 7) is 1.82. The smallest absolute Gasteiger partial charge is 0.318 e. The Bertz CT molecular complexity index is 543. The maximum Gasteiger partial charge on any atom is 0.318 e. The van der Waals surface area contributed by atoms with E-state index in [2.05, 4.69) is 0 Å². The first-order valence-corrected chi connectivity index (χ1v) is 6.20. The molecule has 1 atom stereocenters. The van der Waals surface area contributed by atoms with Crippen LogP contribution in [0.5, 0.6) is 0 Å². The van der Waals surface area contributed by atoms with Gasteiger partial charge in [-0.1, -0.05) is 17.7 Å². The van der Waals surface area contributed by atoms with Gasteiger partial charge in [0.15, 0.2) is 0 Å². The number of anilines is 1. The summed E-state index contributed by atoms with van der Waals surface area (Å²) in [5.74, 6) is -3.16. The number of ether oxygens (including phenoxy) is 1. The van der Waals surface area contributed by atoms with Crippen molar-refractivity contribution in [2.75, 3.05) is 18.1 Å². The quantitative estimate of drug-likeness (QED) is 0.478. The molecule has 1 saturated heterocycles. The number of halogens is 1. The minimum Gasteiger partial charge on any atom is -0.465 e. The van der Waals surface area contributed by atoms with Crippen molar-refractivity contribution < 1.29 is 19.1 Å². The van der Waals surface area contributed by atoms with Gasteiger partial charge in [0.05, 0.1) is 6.61 Å². The number of Topliss-reactive ketones (excluding diaryl/α,β-unsaturated/α-hetero) is 1. The molecule has 1 aromatic carbocycles. The molecule has 2 rings (SSSR count). The molecule has 1 fully saturated rings. The van der Waals surface area contributed by atoms with Crippen LogP contribution in [0.4, 0.5) is 5.69 Å². The zero-order valence-corrected chi connectivity index (χ0v) is 11.0. The van der Waals surface area contributed by atoms with Crippen LogP contribution in [0, 0.1) is 5.92 Å². The lowest BCUT2D eigenvalue weighted by Crippen LogP contribution is -2.26. The number of carbonyl (C=O) groups excluding carboxylic acids is 3. The number of hydrogen-bond acceptors (Lipinski definition) is 4. The van der Waals surface area contributed by atoms with Gasteiger partial charge in [0.2, 0.25) is 5.78 Å². The molecule has 0 aromatic heterocycles. The second-order valence-electron chi connectivity index (χ2n) is 4.06. The van der Waals surface area contributed by atoms with Gasteiger partial charge in [0.25, 0.3) is 5.91 Å². The van der Waals surface area contributed by atoms with Gasteiger partial charge in [-0.25, -0.2) is 0 Å². The van der Waals surface area contributed by atoms with Gasteiger partial charge in [-0.05, 0) is 25.1 Å². The van der Waals surface area contributed by atoms with E-state index in [9.17, 15) is 14.4 Å². The van der Waals surface area contributed by atoms with Crippen LogP contribution in [0.25, 0.3) is 0 Å². The van der Waals surface area contributed by atoms with E-state index in [4.69, 9.17) is 16.3 Å². The third-order valence-corrected chi connectivity index (χ3v) is 3.06. The van der Waals surface area contributed by atoms with Crippen LogP contribution in [0.15, 0.2) is 24.3 Å². The Balaban J connectivity index is 2.23. The first-order chi connectivity index (χ1) is 9.04. The average molecular weight is 282 g/mol. The first kappa shape index (κ1) is 13.5. The zero-order valence-electron chi connectivity index (χ0n) is 10.3. The zero-order chi connectivity index (χ0) is 14.0. The van der Waals surface area contributed by atoms with Crippen molar-refractivity contribution in [3.8, 4) is 0 Å². The second-order valence-corrected chi connectivity index (χ2v) is 4.50. The van der Waals surface area contributed by atoms with Crippen molar-refractivity contribution in [2.24, 2.45) is 5.92 Å². The Morgan fingerprint density at radius 1 is 1.47 bits per heavy atom. The number of carbonyl (C=O) groups is 3. The van der Waals surface area contributed by atoms with Crippen LogP contribution in [0.3, 0.4) is 0 Å². The van der Waals surface area contributed by atoms with Crippen molar-refractivity contribution in [3.05, 3.63) is 29.3 Å². The highest BCUT2D eigenvalue weighted by atomic mass is 35.5. The van der Waals surface area contributed by atoms with Crippen molar-refractivity contribution in [3.63, 3.8) is 0 Å². The van der Waals surface area contributed by atoms with E-state index in [0.717, 1.165) is 0 Å². The van der Waals surface area contributed by atoms with Crippen molar-refractivity contribution >= 4 is 34.9 Å². The van der Waals surface area contributed by atoms with Gasteiger partial charge in [0.1, 0.15) is 5.92 Å². The van der Waals surface area contributed by atoms with E-state index in [1.807, 2.05) is 0 Å². The molecule has 0 N–H and O–H groups in total. The molecule has 19 heavy (non-hydrogen) atoms. The van der Waals surface area contributed by atoms with Crippen LogP contribution in [-0.4, -0.2) is 30.8 Å². The molecule has 0 unspecified atom stereocenters. The third-order valence-electron chi connectivity index (χ3n) is 2.83. The fraction of sp³-hybridized carbons (Fsp3) is 0.308. The molecule has 0 bridgehead atoms. The Morgan fingerprint density at radius 3 is 2.84 bits per heavy atom. The fourth-order valence-electron chi connectivity index (χ4n) is 1.92. The van der Waals surface area contributed by atoms with Crippen molar-refractivity contribution in [1.82, 2.24) is 0 Å². The number of benzene rings is 1. The molecule has 1 aromatic rings. The van der Waals surface area contributed by atoms with Crippen LogP contribution in [0.2, 0.25) is 5.02 Å². The lowest BCUT2D eigenvalue weighted by atomic mass is 10.1. The van der Waals surface area contributed by atoms with Crippen LogP contribution >= 0.6 is 11.6 Å². The molecule has 1 aliphatic heterocycles. The van der Waals surface area contributed by atoms with E-state index < -0.39 is 23.6 Å². The molecule has 0 radical (unpaired) electrons. The Labute approximate surface area is 115 Å². The molecular formula is C13H12ClNO4. The van der Waals surface area contributed by atoms with Crippen molar-refractivity contribution in [2.45, 2.75) is 6.92 Å². The second kappa shape index (κ2) is 5.40.